The number of rotatable bonds is 4. The van der Waals surface area contributed by atoms with Gasteiger partial charge in [0.2, 0.25) is 0 Å². The highest BCUT2D eigenvalue weighted by molar-refractivity contribution is 5.74. The third-order valence-corrected chi connectivity index (χ3v) is 5.52. The zero-order valence-electron chi connectivity index (χ0n) is 13.9. The molecule has 1 aliphatic carbocycles. The maximum Gasteiger partial charge on any atom is 0.317 e. The van der Waals surface area contributed by atoms with Gasteiger partial charge >= 0.3 is 6.03 Å². The first kappa shape index (κ1) is 16.1. The molecule has 0 spiro atoms. The molecule has 3 aliphatic rings. The van der Waals surface area contributed by atoms with Crippen LogP contribution in [0.25, 0.3) is 0 Å². The summed E-state index contributed by atoms with van der Waals surface area (Å²) < 4.78 is 5.65. The molecular formula is C17H31N3O2. The normalized spacial score (nSPS) is 28.4. The Morgan fingerprint density at radius 2 is 1.82 bits per heavy atom. The highest BCUT2D eigenvalue weighted by Gasteiger charge is 2.32. The van der Waals surface area contributed by atoms with E-state index in [1.807, 2.05) is 11.8 Å². The molecule has 22 heavy (non-hydrogen) atoms. The molecule has 2 amide bonds. The topological polar surface area (TPSA) is 44.8 Å². The Balaban J connectivity index is 1.39. The van der Waals surface area contributed by atoms with Crippen molar-refractivity contribution in [3.05, 3.63) is 0 Å². The maximum absolute atomic E-state index is 12.4. The summed E-state index contributed by atoms with van der Waals surface area (Å²) in [5.74, 6) is 0. The van der Waals surface area contributed by atoms with Crippen LogP contribution in [0.3, 0.4) is 0 Å². The fraction of sp³-hybridized carbons (Fsp3) is 0.941. The zero-order valence-corrected chi connectivity index (χ0v) is 13.9. The molecule has 0 unspecified atom stereocenters. The van der Waals surface area contributed by atoms with E-state index in [-0.39, 0.29) is 6.03 Å². The molecule has 0 aromatic rings. The highest BCUT2D eigenvalue weighted by atomic mass is 16.5. The van der Waals surface area contributed by atoms with Gasteiger partial charge in [0.15, 0.2) is 0 Å². The number of amides is 2. The molecule has 5 heteroatoms. The Kier molecular flexibility index (Phi) is 5.58. The van der Waals surface area contributed by atoms with Crippen LogP contribution in [0.5, 0.6) is 0 Å². The van der Waals surface area contributed by atoms with E-state index in [0.29, 0.717) is 12.1 Å². The number of hydrogen-bond donors (Lipinski definition) is 1. The molecule has 2 saturated heterocycles. The molecule has 0 radical (unpaired) electrons. The van der Waals surface area contributed by atoms with Gasteiger partial charge in [0.25, 0.3) is 0 Å². The van der Waals surface area contributed by atoms with Crippen molar-refractivity contribution in [2.75, 3.05) is 32.8 Å². The fourth-order valence-electron chi connectivity index (χ4n) is 4.23. The average molecular weight is 309 g/mol. The van der Waals surface area contributed by atoms with Gasteiger partial charge in [0.1, 0.15) is 0 Å². The van der Waals surface area contributed by atoms with Crippen LogP contribution in [0.4, 0.5) is 4.79 Å². The lowest BCUT2D eigenvalue weighted by Gasteiger charge is -2.32. The SMILES string of the molecule is CCOC1CCN(C(=O)N[C@H]2CCN(C3CCCC3)C2)CC1. The summed E-state index contributed by atoms with van der Waals surface area (Å²) in [6, 6.07) is 1.26. The van der Waals surface area contributed by atoms with Crippen molar-refractivity contribution in [1.82, 2.24) is 15.1 Å². The van der Waals surface area contributed by atoms with Gasteiger partial charge < -0.3 is 15.0 Å². The first-order valence-electron chi connectivity index (χ1n) is 9.17. The number of nitrogens with zero attached hydrogens (tertiary/aromatic N) is 2. The average Bonchev–Trinajstić information content (AvgIpc) is 3.19. The maximum atomic E-state index is 12.4. The van der Waals surface area contributed by atoms with Gasteiger partial charge in [-0.05, 0) is 39.0 Å². The van der Waals surface area contributed by atoms with Gasteiger partial charge in [-0.1, -0.05) is 12.8 Å². The van der Waals surface area contributed by atoms with Crippen LogP contribution >= 0.6 is 0 Å². The van der Waals surface area contributed by atoms with Crippen LogP contribution in [0, 0.1) is 0 Å². The summed E-state index contributed by atoms with van der Waals surface area (Å²) in [5.41, 5.74) is 0. The van der Waals surface area contributed by atoms with E-state index in [0.717, 1.165) is 58.1 Å². The van der Waals surface area contributed by atoms with Crippen LogP contribution in [0.2, 0.25) is 0 Å². The van der Waals surface area contributed by atoms with Gasteiger partial charge in [-0.3, -0.25) is 4.90 Å². The molecular weight excluding hydrogens is 278 g/mol. The van der Waals surface area contributed by atoms with Crippen molar-refractivity contribution in [2.24, 2.45) is 0 Å². The Bertz CT molecular complexity index is 363. The third-order valence-electron chi connectivity index (χ3n) is 5.52. The number of likely N-dealkylation sites (tertiary alicyclic amines) is 2. The van der Waals surface area contributed by atoms with Crippen molar-refractivity contribution in [2.45, 2.75) is 70.1 Å². The molecule has 3 rings (SSSR count). The van der Waals surface area contributed by atoms with Crippen molar-refractivity contribution in [3.8, 4) is 0 Å². The summed E-state index contributed by atoms with van der Waals surface area (Å²) in [7, 11) is 0. The number of urea groups is 1. The van der Waals surface area contributed by atoms with Crippen LogP contribution < -0.4 is 5.32 Å². The van der Waals surface area contributed by atoms with Gasteiger partial charge in [-0.2, -0.15) is 0 Å². The molecule has 0 aromatic carbocycles. The first-order valence-corrected chi connectivity index (χ1v) is 9.17. The van der Waals surface area contributed by atoms with E-state index in [1.165, 1.54) is 25.7 Å². The molecule has 5 nitrogen and oxygen atoms in total. The molecule has 1 N–H and O–H groups in total. The lowest BCUT2D eigenvalue weighted by atomic mass is 10.1. The number of piperidine rings is 1. The monoisotopic (exact) mass is 309 g/mol. The fourth-order valence-corrected chi connectivity index (χ4v) is 4.23. The summed E-state index contributed by atoms with van der Waals surface area (Å²) in [4.78, 5) is 17.0. The highest BCUT2D eigenvalue weighted by Crippen LogP contribution is 2.26. The Morgan fingerprint density at radius 3 is 2.50 bits per heavy atom. The van der Waals surface area contributed by atoms with E-state index < -0.39 is 0 Å². The predicted molar refractivity (Wildman–Crippen MR) is 87.0 cm³/mol. The number of carbonyl (C=O) groups excluding carboxylic acids is 1. The molecule has 126 valence electrons. The van der Waals surface area contributed by atoms with Gasteiger partial charge in [0.05, 0.1) is 6.10 Å². The van der Waals surface area contributed by atoms with E-state index in [2.05, 4.69) is 10.2 Å². The molecule has 3 fully saturated rings. The predicted octanol–water partition coefficient (Wildman–Crippen LogP) is 2.21. The van der Waals surface area contributed by atoms with Crippen LogP contribution in [0.15, 0.2) is 0 Å². The van der Waals surface area contributed by atoms with Crippen molar-refractivity contribution < 1.29 is 9.53 Å². The van der Waals surface area contributed by atoms with E-state index in [9.17, 15) is 4.79 Å². The quantitative estimate of drug-likeness (QED) is 0.866. The van der Waals surface area contributed by atoms with Gasteiger partial charge in [-0.15, -0.1) is 0 Å². The van der Waals surface area contributed by atoms with E-state index in [4.69, 9.17) is 4.74 Å². The molecule has 2 aliphatic heterocycles. The second-order valence-corrected chi connectivity index (χ2v) is 7.01. The van der Waals surface area contributed by atoms with Crippen molar-refractivity contribution in [1.29, 1.82) is 0 Å². The van der Waals surface area contributed by atoms with Gasteiger partial charge in [0, 0.05) is 44.9 Å². The summed E-state index contributed by atoms with van der Waals surface area (Å²) >= 11 is 0. The Labute approximate surface area is 134 Å². The van der Waals surface area contributed by atoms with Crippen LogP contribution in [-0.4, -0.2) is 66.8 Å². The number of nitrogens with one attached hydrogen (secondary N) is 1. The standard InChI is InChI=1S/C17H31N3O2/c1-2-22-16-8-11-19(12-9-16)17(21)18-14-7-10-20(13-14)15-5-3-4-6-15/h14-16H,2-13H2,1H3,(H,18,21)/t14-/m0/s1. The summed E-state index contributed by atoms with van der Waals surface area (Å²) in [5, 5.41) is 3.25. The van der Waals surface area contributed by atoms with E-state index in [1.54, 1.807) is 0 Å². The Morgan fingerprint density at radius 1 is 1.09 bits per heavy atom. The first-order chi connectivity index (χ1) is 10.8. The van der Waals surface area contributed by atoms with Crippen molar-refractivity contribution >= 4 is 6.03 Å². The smallest absolute Gasteiger partial charge is 0.317 e. The number of hydrogen-bond acceptors (Lipinski definition) is 3. The second kappa shape index (κ2) is 7.64. The third kappa shape index (κ3) is 3.93. The van der Waals surface area contributed by atoms with Crippen LogP contribution in [-0.2, 0) is 4.74 Å². The van der Waals surface area contributed by atoms with E-state index >= 15 is 0 Å². The molecule has 0 aromatic heterocycles. The van der Waals surface area contributed by atoms with Crippen LogP contribution in [0.1, 0.15) is 51.9 Å². The zero-order chi connectivity index (χ0) is 15.4. The number of carbonyl (C=O) groups is 1. The second-order valence-electron chi connectivity index (χ2n) is 7.01. The minimum atomic E-state index is 0.133. The molecule has 0 bridgehead atoms. The van der Waals surface area contributed by atoms with Crippen molar-refractivity contribution in [3.63, 3.8) is 0 Å². The minimum Gasteiger partial charge on any atom is -0.378 e. The minimum absolute atomic E-state index is 0.133. The molecule has 1 atom stereocenters. The summed E-state index contributed by atoms with van der Waals surface area (Å²) in [6.07, 6.45) is 8.87. The Hall–Kier alpha value is -0.810. The molecule has 1 saturated carbocycles. The lowest BCUT2D eigenvalue weighted by Crippen LogP contribution is -2.49. The summed E-state index contributed by atoms with van der Waals surface area (Å²) in [6.45, 7) is 6.67. The largest absolute Gasteiger partial charge is 0.378 e. The van der Waals surface area contributed by atoms with Gasteiger partial charge in [-0.25, -0.2) is 4.79 Å². The molecule has 2 heterocycles. The number of ether oxygens (including phenoxy) is 1. The lowest BCUT2D eigenvalue weighted by molar-refractivity contribution is 0.0218.